The van der Waals surface area contributed by atoms with Gasteiger partial charge in [-0.15, -0.1) is 0 Å². The lowest BCUT2D eigenvalue weighted by molar-refractivity contribution is 0.00696. The minimum absolute atomic E-state index is 0.285. The van der Waals surface area contributed by atoms with Crippen molar-refractivity contribution < 1.29 is 9.53 Å². The molecule has 2 aromatic rings. The van der Waals surface area contributed by atoms with Gasteiger partial charge < -0.3 is 4.74 Å². The van der Waals surface area contributed by atoms with Crippen molar-refractivity contribution >= 4 is 5.97 Å². The third kappa shape index (κ3) is 3.70. The Kier molecular flexibility index (Phi) is 3.93. The van der Waals surface area contributed by atoms with Crippen molar-refractivity contribution in [2.75, 3.05) is 0 Å². The van der Waals surface area contributed by atoms with E-state index < -0.39 is 5.60 Å². The van der Waals surface area contributed by atoms with E-state index in [-0.39, 0.29) is 5.97 Å². The first-order valence-corrected chi connectivity index (χ1v) is 6.76. The van der Waals surface area contributed by atoms with Crippen molar-refractivity contribution in [2.24, 2.45) is 0 Å². The molecule has 0 heterocycles. The van der Waals surface area contributed by atoms with Gasteiger partial charge in [0.2, 0.25) is 0 Å². The van der Waals surface area contributed by atoms with Crippen molar-refractivity contribution in [3.05, 3.63) is 59.7 Å². The first-order chi connectivity index (χ1) is 9.35. The van der Waals surface area contributed by atoms with Gasteiger partial charge in [-0.3, -0.25) is 0 Å². The van der Waals surface area contributed by atoms with Crippen molar-refractivity contribution in [3.63, 3.8) is 0 Å². The first kappa shape index (κ1) is 14.3. The molecule has 0 fully saturated rings. The number of rotatable bonds is 2. The summed E-state index contributed by atoms with van der Waals surface area (Å²) in [5.74, 6) is -0.285. The maximum absolute atomic E-state index is 12.1. The number of carbonyl (C=O) groups excluding carboxylic acids is 1. The van der Waals surface area contributed by atoms with Crippen LogP contribution in [0, 0.1) is 6.92 Å². The number of ether oxygens (including phenoxy) is 1. The highest BCUT2D eigenvalue weighted by Gasteiger charge is 2.18. The molecular formula is C18H20O2. The molecule has 2 heteroatoms. The Labute approximate surface area is 120 Å². The Morgan fingerprint density at radius 1 is 0.950 bits per heavy atom. The zero-order valence-electron chi connectivity index (χ0n) is 12.4. The monoisotopic (exact) mass is 268 g/mol. The molecule has 0 aliphatic heterocycles. The highest BCUT2D eigenvalue weighted by atomic mass is 16.6. The molecule has 0 aliphatic rings. The third-order valence-electron chi connectivity index (χ3n) is 2.85. The summed E-state index contributed by atoms with van der Waals surface area (Å²) in [6, 6.07) is 15.8. The van der Waals surface area contributed by atoms with Crippen LogP contribution in [0.1, 0.15) is 36.7 Å². The summed E-state index contributed by atoms with van der Waals surface area (Å²) in [4.78, 5) is 12.1. The van der Waals surface area contributed by atoms with Crippen LogP contribution in [0.15, 0.2) is 48.5 Å². The average molecular weight is 268 g/mol. The summed E-state index contributed by atoms with van der Waals surface area (Å²) >= 11 is 0. The predicted molar refractivity (Wildman–Crippen MR) is 81.8 cm³/mol. The summed E-state index contributed by atoms with van der Waals surface area (Å²) in [6.45, 7) is 7.67. The molecule has 0 bridgehead atoms. The molecular weight excluding hydrogens is 248 g/mol. The molecule has 0 aliphatic carbocycles. The van der Waals surface area contributed by atoms with Crippen LogP contribution in [0.4, 0.5) is 0 Å². The molecule has 20 heavy (non-hydrogen) atoms. The predicted octanol–water partition coefficient (Wildman–Crippen LogP) is 4.62. The number of aryl methyl sites for hydroxylation is 1. The van der Waals surface area contributed by atoms with Crippen LogP contribution in [-0.4, -0.2) is 11.6 Å². The lowest BCUT2D eigenvalue weighted by atomic mass is 10.0. The number of hydrogen-bond donors (Lipinski definition) is 0. The summed E-state index contributed by atoms with van der Waals surface area (Å²) in [7, 11) is 0. The van der Waals surface area contributed by atoms with Crippen LogP contribution >= 0.6 is 0 Å². The minimum atomic E-state index is -0.476. The minimum Gasteiger partial charge on any atom is -0.456 e. The molecule has 0 unspecified atom stereocenters. The normalized spacial score (nSPS) is 11.2. The van der Waals surface area contributed by atoms with Crippen molar-refractivity contribution in [2.45, 2.75) is 33.3 Å². The van der Waals surface area contributed by atoms with E-state index in [1.54, 1.807) is 6.07 Å². The van der Waals surface area contributed by atoms with E-state index in [4.69, 9.17) is 4.74 Å². The molecule has 104 valence electrons. The van der Waals surface area contributed by atoms with E-state index in [9.17, 15) is 4.79 Å². The van der Waals surface area contributed by atoms with Gasteiger partial charge >= 0.3 is 5.97 Å². The zero-order valence-corrected chi connectivity index (χ0v) is 12.4. The molecule has 0 N–H and O–H groups in total. The van der Waals surface area contributed by atoms with Gasteiger partial charge in [0.1, 0.15) is 5.60 Å². The van der Waals surface area contributed by atoms with Gasteiger partial charge in [0, 0.05) is 0 Å². The summed E-state index contributed by atoms with van der Waals surface area (Å²) in [5, 5.41) is 0. The van der Waals surface area contributed by atoms with Crippen LogP contribution in [-0.2, 0) is 4.74 Å². The molecule has 0 aromatic heterocycles. The second kappa shape index (κ2) is 5.49. The van der Waals surface area contributed by atoms with E-state index in [1.807, 2.05) is 51.1 Å². The molecule has 0 amide bonds. The summed E-state index contributed by atoms with van der Waals surface area (Å²) in [5.41, 5.74) is 3.44. The number of esters is 1. The molecule has 0 saturated heterocycles. The molecule has 2 aromatic carbocycles. The number of benzene rings is 2. The van der Waals surface area contributed by atoms with Crippen LogP contribution in [0.25, 0.3) is 11.1 Å². The second-order valence-corrected chi connectivity index (χ2v) is 5.95. The Hall–Kier alpha value is -2.09. The lowest BCUT2D eigenvalue weighted by Crippen LogP contribution is -2.23. The molecule has 0 saturated carbocycles. The Bertz CT molecular complexity index is 621. The van der Waals surface area contributed by atoms with Gasteiger partial charge in [-0.1, -0.05) is 42.0 Å². The first-order valence-electron chi connectivity index (χ1n) is 6.76. The molecule has 2 rings (SSSR count). The second-order valence-electron chi connectivity index (χ2n) is 5.95. The van der Waals surface area contributed by atoms with E-state index in [0.29, 0.717) is 5.56 Å². The topological polar surface area (TPSA) is 26.3 Å². The smallest absolute Gasteiger partial charge is 0.338 e. The van der Waals surface area contributed by atoms with E-state index >= 15 is 0 Å². The van der Waals surface area contributed by atoms with Crippen molar-refractivity contribution in [1.82, 2.24) is 0 Å². The highest BCUT2D eigenvalue weighted by Crippen LogP contribution is 2.22. The fourth-order valence-corrected chi connectivity index (χ4v) is 1.99. The fourth-order valence-electron chi connectivity index (χ4n) is 1.99. The maximum atomic E-state index is 12.1. The fraction of sp³-hybridized carbons (Fsp3) is 0.278. The summed E-state index contributed by atoms with van der Waals surface area (Å²) in [6.07, 6.45) is 0. The Morgan fingerprint density at radius 2 is 1.55 bits per heavy atom. The maximum Gasteiger partial charge on any atom is 0.338 e. The van der Waals surface area contributed by atoms with Gasteiger partial charge in [-0.05, 0) is 51.0 Å². The van der Waals surface area contributed by atoms with Crippen molar-refractivity contribution in [1.29, 1.82) is 0 Å². The van der Waals surface area contributed by atoms with Gasteiger partial charge in [0.15, 0.2) is 0 Å². The molecule has 0 radical (unpaired) electrons. The average Bonchev–Trinajstić information content (AvgIpc) is 2.37. The molecule has 0 spiro atoms. The summed E-state index contributed by atoms with van der Waals surface area (Å²) < 4.78 is 5.40. The van der Waals surface area contributed by atoms with E-state index in [2.05, 4.69) is 19.1 Å². The number of carbonyl (C=O) groups is 1. The number of hydrogen-bond acceptors (Lipinski definition) is 2. The van der Waals surface area contributed by atoms with Gasteiger partial charge in [-0.25, -0.2) is 4.79 Å². The standard InChI is InChI=1S/C18H20O2/c1-13-7-5-8-14(11-13)15-9-6-10-16(12-15)17(19)20-18(2,3)4/h5-12H,1-4H3. The largest absolute Gasteiger partial charge is 0.456 e. The van der Waals surface area contributed by atoms with Crippen LogP contribution in [0.5, 0.6) is 0 Å². The third-order valence-corrected chi connectivity index (χ3v) is 2.85. The van der Waals surface area contributed by atoms with E-state index in [0.717, 1.165) is 11.1 Å². The van der Waals surface area contributed by atoms with Crippen LogP contribution in [0.2, 0.25) is 0 Å². The van der Waals surface area contributed by atoms with Gasteiger partial charge in [0.25, 0.3) is 0 Å². The SMILES string of the molecule is Cc1cccc(-c2cccc(C(=O)OC(C)(C)C)c2)c1. The molecule has 2 nitrogen and oxygen atoms in total. The van der Waals surface area contributed by atoms with E-state index in [1.165, 1.54) is 5.56 Å². The molecule has 0 atom stereocenters. The van der Waals surface area contributed by atoms with Gasteiger partial charge in [0.05, 0.1) is 5.56 Å². The Balaban J connectivity index is 2.31. The Morgan fingerprint density at radius 3 is 2.15 bits per heavy atom. The quantitative estimate of drug-likeness (QED) is 0.743. The van der Waals surface area contributed by atoms with Crippen LogP contribution in [0.3, 0.4) is 0 Å². The lowest BCUT2D eigenvalue weighted by Gasteiger charge is -2.19. The zero-order chi connectivity index (χ0) is 14.8. The highest BCUT2D eigenvalue weighted by molar-refractivity contribution is 5.91. The van der Waals surface area contributed by atoms with Gasteiger partial charge in [-0.2, -0.15) is 0 Å². The van der Waals surface area contributed by atoms with Crippen molar-refractivity contribution in [3.8, 4) is 11.1 Å². The van der Waals surface area contributed by atoms with Crippen LogP contribution < -0.4 is 0 Å².